The Bertz CT molecular complexity index is 1010. The minimum absolute atomic E-state index is 0.0762. The van der Waals surface area contributed by atoms with Crippen molar-refractivity contribution in [3.05, 3.63) is 36.1 Å². The quantitative estimate of drug-likeness (QED) is 0.558. The van der Waals surface area contributed by atoms with Crippen LogP contribution in [0, 0.1) is 0 Å². The normalized spacial score (nSPS) is 14.4. The number of furan rings is 1. The van der Waals surface area contributed by atoms with Gasteiger partial charge < -0.3 is 29.1 Å². The molecule has 1 amide bonds. The number of ether oxygens (including phenoxy) is 3. The molecule has 2 aromatic rings. The molecule has 0 saturated heterocycles. The first kappa shape index (κ1) is 21.9. The molecule has 0 saturated carbocycles. The van der Waals surface area contributed by atoms with Gasteiger partial charge in [0.25, 0.3) is 15.9 Å². The molecule has 10 nitrogen and oxygen atoms in total. The van der Waals surface area contributed by atoms with E-state index in [1.807, 2.05) is 0 Å². The SMILES string of the molecule is CC(C)(C)NS(=O)(=O)c1ccc(C(=O)NCC(O)COc2ccc3c(c2)OCO3)o1. The van der Waals surface area contributed by atoms with Crippen molar-refractivity contribution in [3.63, 3.8) is 0 Å². The maximum atomic E-state index is 12.2. The zero-order valence-corrected chi connectivity index (χ0v) is 17.6. The molecular formula is C19H24N2O8S. The highest BCUT2D eigenvalue weighted by molar-refractivity contribution is 7.89. The summed E-state index contributed by atoms with van der Waals surface area (Å²) in [4.78, 5) is 12.2. The van der Waals surface area contributed by atoms with Gasteiger partial charge in [-0.05, 0) is 45.0 Å². The van der Waals surface area contributed by atoms with E-state index >= 15 is 0 Å². The number of rotatable bonds is 8. The number of hydrogen-bond acceptors (Lipinski definition) is 8. The highest BCUT2D eigenvalue weighted by Crippen LogP contribution is 2.35. The molecule has 3 rings (SSSR count). The third-order valence-electron chi connectivity index (χ3n) is 3.80. The molecule has 1 aromatic heterocycles. The Hall–Kier alpha value is -2.76. The van der Waals surface area contributed by atoms with Crippen LogP contribution in [0.15, 0.2) is 39.8 Å². The number of aliphatic hydroxyl groups excluding tert-OH is 1. The maximum absolute atomic E-state index is 12.2. The molecule has 1 aliphatic heterocycles. The Balaban J connectivity index is 1.49. The lowest BCUT2D eigenvalue weighted by Crippen LogP contribution is -2.40. The Kier molecular flexibility index (Phi) is 6.25. The highest BCUT2D eigenvalue weighted by Gasteiger charge is 2.26. The number of nitrogens with one attached hydrogen (secondary N) is 2. The minimum atomic E-state index is -3.89. The van der Waals surface area contributed by atoms with Gasteiger partial charge in [0.15, 0.2) is 17.3 Å². The summed E-state index contributed by atoms with van der Waals surface area (Å²) in [5.74, 6) is 0.812. The number of benzene rings is 1. The summed E-state index contributed by atoms with van der Waals surface area (Å²) >= 11 is 0. The van der Waals surface area contributed by atoms with Gasteiger partial charge in [-0.15, -0.1) is 0 Å². The molecule has 0 radical (unpaired) electrons. The summed E-state index contributed by atoms with van der Waals surface area (Å²) in [6.07, 6.45) is -1.000. The van der Waals surface area contributed by atoms with Crippen LogP contribution in [0.4, 0.5) is 0 Å². The van der Waals surface area contributed by atoms with E-state index in [0.717, 1.165) is 0 Å². The summed E-state index contributed by atoms with van der Waals surface area (Å²) in [6.45, 7) is 5.02. The second-order valence-corrected chi connectivity index (χ2v) is 9.28. The van der Waals surface area contributed by atoms with Gasteiger partial charge in [0.2, 0.25) is 11.9 Å². The van der Waals surface area contributed by atoms with E-state index in [1.165, 1.54) is 12.1 Å². The Labute approximate surface area is 174 Å². The van der Waals surface area contributed by atoms with Crippen molar-refractivity contribution >= 4 is 15.9 Å². The van der Waals surface area contributed by atoms with Crippen molar-refractivity contribution < 1.29 is 36.9 Å². The summed E-state index contributed by atoms with van der Waals surface area (Å²) in [5.41, 5.74) is -0.698. The van der Waals surface area contributed by atoms with Crippen LogP contribution in [-0.4, -0.2) is 51.0 Å². The van der Waals surface area contributed by atoms with Gasteiger partial charge in [-0.25, -0.2) is 13.1 Å². The van der Waals surface area contributed by atoms with E-state index in [1.54, 1.807) is 39.0 Å². The molecular weight excluding hydrogens is 416 g/mol. The molecule has 0 spiro atoms. The largest absolute Gasteiger partial charge is 0.491 e. The van der Waals surface area contributed by atoms with Crippen molar-refractivity contribution in [2.75, 3.05) is 19.9 Å². The first-order valence-corrected chi connectivity index (χ1v) is 10.6. The average molecular weight is 440 g/mol. The van der Waals surface area contributed by atoms with Crippen LogP contribution in [-0.2, 0) is 10.0 Å². The van der Waals surface area contributed by atoms with Gasteiger partial charge in [-0.1, -0.05) is 0 Å². The number of aliphatic hydroxyl groups is 1. The summed E-state index contributed by atoms with van der Waals surface area (Å²) in [5, 5.41) is 12.1. The van der Waals surface area contributed by atoms with Crippen molar-refractivity contribution in [1.29, 1.82) is 0 Å². The average Bonchev–Trinajstić information content (AvgIpc) is 3.31. The number of sulfonamides is 1. The number of carbonyl (C=O) groups excluding carboxylic acids is 1. The zero-order chi connectivity index (χ0) is 21.9. The number of carbonyl (C=O) groups is 1. The minimum Gasteiger partial charge on any atom is -0.491 e. The van der Waals surface area contributed by atoms with Gasteiger partial charge in [0, 0.05) is 18.2 Å². The lowest BCUT2D eigenvalue weighted by Gasteiger charge is -2.19. The third-order valence-corrected chi connectivity index (χ3v) is 5.43. The van der Waals surface area contributed by atoms with Crippen LogP contribution in [0.2, 0.25) is 0 Å². The Morgan fingerprint density at radius 1 is 1.20 bits per heavy atom. The Morgan fingerprint density at radius 3 is 2.67 bits per heavy atom. The van der Waals surface area contributed by atoms with Crippen molar-refractivity contribution in [3.8, 4) is 17.2 Å². The predicted molar refractivity (Wildman–Crippen MR) is 105 cm³/mol. The van der Waals surface area contributed by atoms with Crippen LogP contribution >= 0.6 is 0 Å². The van der Waals surface area contributed by atoms with Crippen LogP contribution in [0.25, 0.3) is 0 Å². The van der Waals surface area contributed by atoms with Gasteiger partial charge in [0.05, 0.1) is 0 Å². The molecule has 1 aromatic carbocycles. The molecule has 0 bridgehead atoms. The lowest BCUT2D eigenvalue weighted by atomic mass is 10.1. The second kappa shape index (κ2) is 8.54. The van der Waals surface area contributed by atoms with Gasteiger partial charge in [0.1, 0.15) is 18.5 Å². The van der Waals surface area contributed by atoms with E-state index in [2.05, 4.69) is 10.0 Å². The summed E-state index contributed by atoms with van der Waals surface area (Å²) < 4.78 is 48.0. The van der Waals surface area contributed by atoms with Gasteiger partial charge in [-0.3, -0.25) is 4.79 Å². The third kappa shape index (κ3) is 5.65. The molecule has 30 heavy (non-hydrogen) atoms. The van der Waals surface area contributed by atoms with Crippen molar-refractivity contribution in [1.82, 2.24) is 10.0 Å². The van der Waals surface area contributed by atoms with Crippen LogP contribution in [0.5, 0.6) is 17.2 Å². The standard InChI is InChI=1S/C19H24N2O8S/c1-19(2,3)21-30(24,25)17-7-6-15(29-17)18(23)20-9-12(22)10-26-13-4-5-14-16(8-13)28-11-27-14/h4-8,12,21-22H,9-11H2,1-3H3,(H,20,23). The summed E-state index contributed by atoms with van der Waals surface area (Å²) in [6, 6.07) is 7.46. The maximum Gasteiger partial charge on any atom is 0.287 e. The summed E-state index contributed by atoms with van der Waals surface area (Å²) in [7, 11) is -3.89. The van der Waals surface area contributed by atoms with E-state index < -0.39 is 27.6 Å². The fourth-order valence-electron chi connectivity index (χ4n) is 2.56. The number of hydrogen-bond donors (Lipinski definition) is 3. The molecule has 11 heteroatoms. The smallest absolute Gasteiger partial charge is 0.287 e. The molecule has 3 N–H and O–H groups in total. The second-order valence-electron chi connectivity index (χ2n) is 7.66. The molecule has 164 valence electrons. The molecule has 2 heterocycles. The predicted octanol–water partition coefficient (Wildman–Crippen LogP) is 1.25. The Morgan fingerprint density at radius 2 is 1.93 bits per heavy atom. The molecule has 1 unspecified atom stereocenters. The van der Waals surface area contributed by atoms with Crippen LogP contribution in [0.3, 0.4) is 0 Å². The van der Waals surface area contributed by atoms with Crippen molar-refractivity contribution in [2.45, 2.75) is 37.5 Å². The fourth-order valence-corrected chi connectivity index (χ4v) is 3.91. The van der Waals surface area contributed by atoms with Crippen molar-refractivity contribution in [2.24, 2.45) is 0 Å². The first-order valence-electron chi connectivity index (χ1n) is 9.16. The van der Waals surface area contributed by atoms with E-state index in [4.69, 9.17) is 18.6 Å². The number of amides is 1. The highest BCUT2D eigenvalue weighted by atomic mass is 32.2. The van der Waals surface area contributed by atoms with E-state index in [9.17, 15) is 18.3 Å². The zero-order valence-electron chi connectivity index (χ0n) is 16.8. The van der Waals surface area contributed by atoms with E-state index in [-0.39, 0.29) is 30.8 Å². The van der Waals surface area contributed by atoms with Crippen LogP contribution < -0.4 is 24.2 Å². The monoisotopic (exact) mass is 440 g/mol. The first-order chi connectivity index (χ1) is 14.0. The molecule has 0 fully saturated rings. The van der Waals surface area contributed by atoms with Crippen LogP contribution in [0.1, 0.15) is 31.3 Å². The van der Waals surface area contributed by atoms with E-state index in [0.29, 0.717) is 17.2 Å². The molecule has 0 aliphatic carbocycles. The van der Waals surface area contributed by atoms with Gasteiger partial charge in [-0.2, -0.15) is 0 Å². The lowest BCUT2D eigenvalue weighted by molar-refractivity contribution is 0.0817. The molecule has 1 atom stereocenters. The fraction of sp³-hybridized carbons (Fsp3) is 0.421. The van der Waals surface area contributed by atoms with Gasteiger partial charge >= 0.3 is 0 Å². The molecule has 1 aliphatic rings. The number of fused-ring (bicyclic) bond motifs is 1. The topological polar surface area (TPSA) is 136 Å².